The molecule has 144 valence electrons. The Labute approximate surface area is 169 Å². The van der Waals surface area contributed by atoms with Crippen molar-refractivity contribution in [2.75, 3.05) is 0 Å². The maximum absolute atomic E-state index is 4.87. The van der Waals surface area contributed by atoms with Crippen LogP contribution in [0.5, 0.6) is 0 Å². The van der Waals surface area contributed by atoms with E-state index in [1.807, 2.05) is 0 Å². The van der Waals surface area contributed by atoms with E-state index in [1.54, 1.807) is 0 Å². The highest BCUT2D eigenvalue weighted by Crippen LogP contribution is 2.32. The van der Waals surface area contributed by atoms with Crippen molar-refractivity contribution in [3.8, 4) is 11.3 Å². The third kappa shape index (κ3) is 3.08. The van der Waals surface area contributed by atoms with Gasteiger partial charge in [-0.25, -0.2) is 0 Å². The molecule has 2 heterocycles. The average Bonchev–Trinajstić information content (AvgIpc) is 2.99. The summed E-state index contributed by atoms with van der Waals surface area (Å²) in [7, 11) is -1.45. The second kappa shape index (κ2) is 6.89. The summed E-state index contributed by atoms with van der Waals surface area (Å²) >= 11 is 0. The first kappa shape index (κ1) is 18.9. The zero-order chi connectivity index (χ0) is 20.1. The molecule has 0 amide bonds. The van der Waals surface area contributed by atoms with Crippen molar-refractivity contribution in [2.45, 2.75) is 52.9 Å². The largest absolute Gasteiger partial charge is 0.341 e. The normalized spacial score (nSPS) is 12.4. The van der Waals surface area contributed by atoms with Crippen LogP contribution < -0.4 is 5.19 Å². The first-order valence-corrected chi connectivity index (χ1v) is 13.8. The summed E-state index contributed by atoms with van der Waals surface area (Å²) in [6, 6.07) is 17.9. The van der Waals surface area contributed by atoms with E-state index in [1.165, 1.54) is 38.1 Å². The monoisotopic (exact) mass is 386 g/mol. The summed E-state index contributed by atoms with van der Waals surface area (Å²) < 4.78 is 2.40. The quantitative estimate of drug-likeness (QED) is 0.364. The molecule has 2 nitrogen and oxygen atoms in total. The van der Waals surface area contributed by atoms with Crippen LogP contribution in [0.15, 0.2) is 54.7 Å². The van der Waals surface area contributed by atoms with Gasteiger partial charge >= 0.3 is 0 Å². The van der Waals surface area contributed by atoms with Gasteiger partial charge in [-0.15, -0.1) is 0 Å². The minimum absolute atomic E-state index is 0.508. The highest BCUT2D eigenvalue weighted by Gasteiger charge is 2.23. The Morgan fingerprint density at radius 2 is 1.64 bits per heavy atom. The molecule has 0 N–H and O–H groups in total. The van der Waals surface area contributed by atoms with Crippen LogP contribution in [0.2, 0.25) is 19.6 Å². The molecule has 28 heavy (non-hydrogen) atoms. The summed E-state index contributed by atoms with van der Waals surface area (Å²) in [5.41, 5.74) is 6.32. The minimum Gasteiger partial charge on any atom is -0.341 e. The zero-order valence-electron chi connectivity index (χ0n) is 17.9. The molecular formula is C25H30N2Si. The van der Waals surface area contributed by atoms with E-state index >= 15 is 0 Å². The van der Waals surface area contributed by atoms with E-state index in [4.69, 9.17) is 4.98 Å². The first-order chi connectivity index (χ1) is 13.3. The van der Waals surface area contributed by atoms with Crippen LogP contribution in [-0.4, -0.2) is 17.6 Å². The van der Waals surface area contributed by atoms with Crippen LogP contribution in [0.4, 0.5) is 0 Å². The van der Waals surface area contributed by atoms with Crippen LogP contribution >= 0.6 is 0 Å². The number of benzene rings is 2. The number of nitrogens with zero attached hydrogens (tertiary/aromatic N) is 2. The number of pyridine rings is 1. The van der Waals surface area contributed by atoms with Crippen molar-refractivity contribution < 1.29 is 0 Å². The Morgan fingerprint density at radius 1 is 0.929 bits per heavy atom. The van der Waals surface area contributed by atoms with Crippen molar-refractivity contribution in [1.29, 1.82) is 0 Å². The fourth-order valence-corrected chi connectivity index (χ4v) is 6.08. The Balaban J connectivity index is 1.94. The number of fused-ring (bicyclic) bond motifs is 3. The minimum atomic E-state index is -1.45. The Hall–Kier alpha value is -2.39. The highest BCUT2D eigenvalue weighted by molar-refractivity contribution is 6.89. The van der Waals surface area contributed by atoms with Gasteiger partial charge in [0.15, 0.2) is 0 Å². The third-order valence-corrected chi connectivity index (χ3v) is 7.80. The van der Waals surface area contributed by atoms with E-state index in [0.717, 1.165) is 12.2 Å². The molecule has 2 aromatic carbocycles. The van der Waals surface area contributed by atoms with Crippen molar-refractivity contribution >= 4 is 35.1 Å². The molecular weight excluding hydrogens is 356 g/mol. The van der Waals surface area contributed by atoms with Crippen LogP contribution in [-0.2, 0) is 6.54 Å². The third-order valence-electron chi connectivity index (χ3n) is 5.75. The molecule has 0 saturated carbocycles. The number of para-hydroxylation sites is 1. The predicted molar refractivity (Wildman–Crippen MR) is 125 cm³/mol. The molecule has 0 unspecified atom stereocenters. The van der Waals surface area contributed by atoms with E-state index < -0.39 is 8.07 Å². The van der Waals surface area contributed by atoms with Crippen molar-refractivity contribution in [3.63, 3.8) is 0 Å². The molecule has 0 aliphatic carbocycles. The van der Waals surface area contributed by atoms with E-state index in [0.29, 0.717) is 5.92 Å². The van der Waals surface area contributed by atoms with Gasteiger partial charge in [-0.05, 0) is 42.7 Å². The van der Waals surface area contributed by atoms with Gasteiger partial charge in [-0.1, -0.05) is 62.9 Å². The Morgan fingerprint density at radius 3 is 2.32 bits per heavy atom. The highest BCUT2D eigenvalue weighted by atomic mass is 28.3. The lowest BCUT2D eigenvalue weighted by molar-refractivity contribution is 0.827. The van der Waals surface area contributed by atoms with Gasteiger partial charge in [0.2, 0.25) is 0 Å². The van der Waals surface area contributed by atoms with Gasteiger partial charge in [-0.2, -0.15) is 0 Å². The molecule has 0 spiro atoms. The molecule has 0 bridgehead atoms. The van der Waals surface area contributed by atoms with Crippen LogP contribution in [0, 0.1) is 0 Å². The second-order valence-electron chi connectivity index (χ2n) is 9.05. The van der Waals surface area contributed by atoms with Gasteiger partial charge in [0.05, 0.1) is 13.8 Å². The molecule has 0 saturated heterocycles. The van der Waals surface area contributed by atoms with E-state index in [2.05, 4.69) is 99.7 Å². The van der Waals surface area contributed by atoms with Gasteiger partial charge in [0.1, 0.15) is 0 Å². The summed E-state index contributed by atoms with van der Waals surface area (Å²) in [6.07, 6.45) is 2.12. The summed E-state index contributed by atoms with van der Waals surface area (Å²) in [6.45, 7) is 15.0. The maximum atomic E-state index is 4.87. The second-order valence-corrected chi connectivity index (χ2v) is 14.1. The number of hydrogen-bond donors (Lipinski definition) is 0. The number of aryl methyl sites for hydroxylation is 1. The van der Waals surface area contributed by atoms with Gasteiger partial charge in [0, 0.05) is 40.1 Å². The smallest absolute Gasteiger partial charge is 0.0781 e. The van der Waals surface area contributed by atoms with E-state index in [9.17, 15) is 0 Å². The van der Waals surface area contributed by atoms with Gasteiger partial charge in [-0.3, -0.25) is 4.98 Å². The molecule has 0 fully saturated rings. The Bertz CT molecular complexity index is 1160. The lowest BCUT2D eigenvalue weighted by Crippen LogP contribution is -2.40. The summed E-state index contributed by atoms with van der Waals surface area (Å²) in [5.74, 6) is 0.508. The Kier molecular flexibility index (Phi) is 4.66. The fraction of sp³-hybridized carbons (Fsp3) is 0.320. The SMILES string of the molecule is CCn1c2ccccc2c2cc(-c3cc([Si](C)(C)C)c(C(C)C)cn3)ccc21. The van der Waals surface area contributed by atoms with E-state index in [-0.39, 0.29) is 0 Å². The molecule has 0 aliphatic heterocycles. The van der Waals surface area contributed by atoms with Crippen molar-refractivity contribution in [1.82, 2.24) is 9.55 Å². The topological polar surface area (TPSA) is 17.8 Å². The standard InChI is InChI=1S/C25H30N2Si/c1-7-27-23-11-9-8-10-19(23)20-14-18(12-13-24(20)27)22-15-25(28(4,5)6)21(16-26-22)17(2)3/h8-17H,7H2,1-6H3. The first-order valence-electron chi connectivity index (χ1n) is 10.3. The van der Waals surface area contributed by atoms with Crippen molar-refractivity contribution in [3.05, 3.63) is 60.3 Å². The molecule has 2 aromatic heterocycles. The lowest BCUT2D eigenvalue weighted by Gasteiger charge is -2.23. The van der Waals surface area contributed by atoms with Crippen LogP contribution in [0.1, 0.15) is 32.3 Å². The fourth-order valence-electron chi connectivity index (χ4n) is 4.29. The predicted octanol–water partition coefficient (Wildman–Crippen LogP) is 6.55. The van der Waals surface area contributed by atoms with Crippen LogP contribution in [0.3, 0.4) is 0 Å². The lowest BCUT2D eigenvalue weighted by atomic mass is 10.0. The zero-order valence-corrected chi connectivity index (χ0v) is 18.9. The molecule has 0 radical (unpaired) electrons. The van der Waals surface area contributed by atoms with Crippen LogP contribution in [0.25, 0.3) is 33.1 Å². The molecule has 4 rings (SSSR count). The van der Waals surface area contributed by atoms with Gasteiger partial charge in [0.25, 0.3) is 0 Å². The average molecular weight is 387 g/mol. The molecule has 3 heteroatoms. The number of rotatable bonds is 4. The van der Waals surface area contributed by atoms with Crippen molar-refractivity contribution in [2.24, 2.45) is 0 Å². The number of aromatic nitrogens is 2. The molecule has 0 atom stereocenters. The molecule has 0 aliphatic rings. The number of hydrogen-bond acceptors (Lipinski definition) is 1. The van der Waals surface area contributed by atoms with Gasteiger partial charge < -0.3 is 4.57 Å². The summed E-state index contributed by atoms with van der Waals surface area (Å²) in [4.78, 5) is 4.87. The maximum Gasteiger partial charge on any atom is 0.0781 e. The summed E-state index contributed by atoms with van der Waals surface area (Å²) in [5, 5.41) is 4.17. The molecule has 4 aromatic rings.